The van der Waals surface area contributed by atoms with E-state index in [4.69, 9.17) is 9.47 Å². The molecule has 2 unspecified atom stereocenters. The van der Waals surface area contributed by atoms with E-state index in [0.29, 0.717) is 17.2 Å². The van der Waals surface area contributed by atoms with E-state index >= 15 is 0 Å². The van der Waals surface area contributed by atoms with Gasteiger partial charge in [0.15, 0.2) is 0 Å². The highest BCUT2D eigenvalue weighted by Crippen LogP contribution is 2.38. The molecule has 152 valence electrons. The number of benzene rings is 1. The SMILES string of the molecule is O=C(c1cccc(Oc2ccccn2)c1)N1C2CCC1CC(Oc1ccncc1)C2. The van der Waals surface area contributed by atoms with E-state index in [1.54, 1.807) is 30.7 Å². The van der Waals surface area contributed by atoms with Crippen molar-refractivity contribution in [3.63, 3.8) is 0 Å². The van der Waals surface area contributed by atoms with Crippen molar-refractivity contribution in [1.29, 1.82) is 0 Å². The van der Waals surface area contributed by atoms with Crippen LogP contribution in [-0.4, -0.2) is 39.0 Å². The molecule has 2 atom stereocenters. The summed E-state index contributed by atoms with van der Waals surface area (Å²) in [6.07, 6.45) is 9.05. The first-order valence-electron chi connectivity index (χ1n) is 10.3. The van der Waals surface area contributed by atoms with Gasteiger partial charge in [-0.1, -0.05) is 12.1 Å². The third kappa shape index (κ3) is 3.85. The van der Waals surface area contributed by atoms with Gasteiger partial charge in [0.25, 0.3) is 5.91 Å². The van der Waals surface area contributed by atoms with Crippen LogP contribution in [0.3, 0.4) is 0 Å². The zero-order valence-corrected chi connectivity index (χ0v) is 16.6. The predicted molar refractivity (Wildman–Crippen MR) is 112 cm³/mol. The lowest BCUT2D eigenvalue weighted by Gasteiger charge is -2.39. The molecule has 0 saturated carbocycles. The number of carbonyl (C=O) groups is 1. The summed E-state index contributed by atoms with van der Waals surface area (Å²) in [4.78, 5) is 23.6. The van der Waals surface area contributed by atoms with Gasteiger partial charge in [-0.15, -0.1) is 0 Å². The third-order valence-electron chi connectivity index (χ3n) is 5.82. The fraction of sp³-hybridized carbons (Fsp3) is 0.292. The van der Waals surface area contributed by atoms with Crippen LogP contribution in [0.1, 0.15) is 36.0 Å². The standard InChI is InChI=1S/C24H23N3O3/c28-24(17-4-3-5-21(14-17)30-23-6-1-2-11-26-23)27-18-7-8-19(27)16-22(15-18)29-20-9-12-25-13-10-20/h1-6,9-14,18-19,22H,7-8,15-16H2. The lowest BCUT2D eigenvalue weighted by molar-refractivity contribution is 0.0358. The molecule has 2 aliphatic heterocycles. The first-order chi connectivity index (χ1) is 14.8. The molecule has 4 heterocycles. The molecule has 2 fully saturated rings. The molecule has 0 spiro atoms. The maximum atomic E-state index is 13.3. The zero-order chi connectivity index (χ0) is 20.3. The summed E-state index contributed by atoms with van der Waals surface area (Å²) >= 11 is 0. The first kappa shape index (κ1) is 18.6. The number of fused-ring (bicyclic) bond motifs is 2. The number of carbonyl (C=O) groups excluding carboxylic acids is 1. The van der Waals surface area contributed by atoms with Gasteiger partial charge >= 0.3 is 0 Å². The van der Waals surface area contributed by atoms with Crippen LogP contribution in [-0.2, 0) is 0 Å². The van der Waals surface area contributed by atoms with Crippen molar-refractivity contribution in [2.24, 2.45) is 0 Å². The monoisotopic (exact) mass is 401 g/mol. The minimum atomic E-state index is 0.0660. The first-order valence-corrected chi connectivity index (χ1v) is 10.3. The van der Waals surface area contributed by atoms with E-state index in [2.05, 4.69) is 14.9 Å². The normalized spacial score (nSPS) is 22.5. The fourth-order valence-corrected chi connectivity index (χ4v) is 4.53. The molecule has 6 nitrogen and oxygen atoms in total. The summed E-state index contributed by atoms with van der Waals surface area (Å²) in [7, 11) is 0. The van der Waals surface area contributed by atoms with Gasteiger partial charge in [-0.2, -0.15) is 0 Å². The van der Waals surface area contributed by atoms with Gasteiger partial charge in [0.2, 0.25) is 5.88 Å². The molecule has 2 aromatic heterocycles. The topological polar surface area (TPSA) is 64.5 Å². The Bertz CT molecular complexity index is 998. The van der Waals surface area contributed by atoms with E-state index in [-0.39, 0.29) is 24.1 Å². The molecule has 6 heteroatoms. The molecule has 5 rings (SSSR count). The third-order valence-corrected chi connectivity index (χ3v) is 5.82. The van der Waals surface area contributed by atoms with Gasteiger partial charge in [-0.05, 0) is 49.2 Å². The quantitative estimate of drug-likeness (QED) is 0.631. The van der Waals surface area contributed by atoms with Gasteiger partial charge < -0.3 is 14.4 Å². The summed E-state index contributed by atoms with van der Waals surface area (Å²) in [6, 6.07) is 17.0. The van der Waals surface area contributed by atoms with Gasteiger partial charge in [-0.25, -0.2) is 4.98 Å². The summed E-state index contributed by atoms with van der Waals surface area (Å²) in [5.41, 5.74) is 0.647. The van der Waals surface area contributed by atoms with Crippen molar-refractivity contribution in [2.45, 2.75) is 43.9 Å². The number of hydrogen-bond acceptors (Lipinski definition) is 5. The second-order valence-electron chi connectivity index (χ2n) is 7.79. The Balaban J connectivity index is 1.28. The summed E-state index contributed by atoms with van der Waals surface area (Å²) < 4.78 is 12.0. The molecule has 0 aliphatic carbocycles. The maximum absolute atomic E-state index is 13.3. The van der Waals surface area contributed by atoms with Crippen molar-refractivity contribution < 1.29 is 14.3 Å². The van der Waals surface area contributed by atoms with Crippen LogP contribution in [0.25, 0.3) is 0 Å². The minimum absolute atomic E-state index is 0.0660. The van der Waals surface area contributed by atoms with Crippen molar-refractivity contribution in [3.8, 4) is 17.4 Å². The number of aromatic nitrogens is 2. The van der Waals surface area contributed by atoms with Crippen LogP contribution in [0.4, 0.5) is 0 Å². The van der Waals surface area contributed by atoms with Crippen LogP contribution in [0.5, 0.6) is 17.4 Å². The van der Waals surface area contributed by atoms with Gasteiger partial charge in [-0.3, -0.25) is 9.78 Å². The van der Waals surface area contributed by atoms with E-state index in [1.165, 1.54) is 0 Å². The van der Waals surface area contributed by atoms with E-state index in [9.17, 15) is 4.79 Å². The lowest BCUT2D eigenvalue weighted by atomic mass is 9.98. The molecule has 30 heavy (non-hydrogen) atoms. The van der Waals surface area contributed by atoms with Crippen LogP contribution < -0.4 is 9.47 Å². The molecule has 1 aromatic carbocycles. The molecule has 2 saturated heterocycles. The summed E-state index contributed by atoms with van der Waals surface area (Å²) in [6.45, 7) is 0. The largest absolute Gasteiger partial charge is 0.490 e. The molecular formula is C24H23N3O3. The van der Waals surface area contributed by atoms with Crippen molar-refractivity contribution in [1.82, 2.24) is 14.9 Å². The Morgan fingerprint density at radius 3 is 2.43 bits per heavy atom. The molecular weight excluding hydrogens is 378 g/mol. The molecule has 0 N–H and O–H groups in total. The predicted octanol–water partition coefficient (Wildman–Crippen LogP) is 4.48. The Kier molecular flexibility index (Phi) is 5.05. The maximum Gasteiger partial charge on any atom is 0.254 e. The molecule has 1 amide bonds. The van der Waals surface area contributed by atoms with Gasteiger partial charge in [0.05, 0.1) is 0 Å². The number of piperidine rings is 1. The highest BCUT2D eigenvalue weighted by Gasteiger charge is 2.44. The minimum Gasteiger partial charge on any atom is -0.490 e. The van der Waals surface area contributed by atoms with Gasteiger partial charge in [0, 0.05) is 55.1 Å². The number of amides is 1. The van der Waals surface area contributed by atoms with E-state index < -0.39 is 0 Å². The summed E-state index contributed by atoms with van der Waals surface area (Å²) in [5, 5.41) is 0. The van der Waals surface area contributed by atoms with Crippen molar-refractivity contribution in [2.75, 3.05) is 0 Å². The summed E-state index contributed by atoms with van der Waals surface area (Å²) in [5.74, 6) is 2.03. The number of hydrogen-bond donors (Lipinski definition) is 0. The smallest absolute Gasteiger partial charge is 0.254 e. The van der Waals surface area contributed by atoms with Crippen LogP contribution in [0.15, 0.2) is 73.2 Å². The number of ether oxygens (including phenoxy) is 2. The Morgan fingerprint density at radius 2 is 1.70 bits per heavy atom. The fourth-order valence-electron chi connectivity index (χ4n) is 4.53. The van der Waals surface area contributed by atoms with E-state index in [0.717, 1.165) is 31.4 Å². The average Bonchev–Trinajstić information content (AvgIpc) is 3.05. The van der Waals surface area contributed by atoms with Crippen LogP contribution in [0.2, 0.25) is 0 Å². The number of rotatable bonds is 5. The van der Waals surface area contributed by atoms with Crippen molar-refractivity contribution >= 4 is 5.91 Å². The molecule has 3 aromatic rings. The second-order valence-corrected chi connectivity index (χ2v) is 7.79. The van der Waals surface area contributed by atoms with Crippen LogP contribution >= 0.6 is 0 Å². The van der Waals surface area contributed by atoms with Crippen molar-refractivity contribution in [3.05, 3.63) is 78.8 Å². The molecule has 2 aliphatic rings. The highest BCUT2D eigenvalue weighted by atomic mass is 16.5. The average molecular weight is 401 g/mol. The highest BCUT2D eigenvalue weighted by molar-refractivity contribution is 5.95. The van der Waals surface area contributed by atoms with Gasteiger partial charge in [0.1, 0.15) is 17.6 Å². The second kappa shape index (κ2) is 8.14. The van der Waals surface area contributed by atoms with E-state index in [1.807, 2.05) is 42.5 Å². The zero-order valence-electron chi connectivity index (χ0n) is 16.6. The Hall–Kier alpha value is -3.41. The Labute approximate surface area is 175 Å². The number of pyridine rings is 2. The van der Waals surface area contributed by atoms with Crippen LogP contribution in [0, 0.1) is 0 Å². The Morgan fingerprint density at radius 1 is 0.900 bits per heavy atom. The lowest BCUT2D eigenvalue weighted by Crippen LogP contribution is -2.49. The molecule has 0 radical (unpaired) electrons. The molecule has 2 bridgehead atoms. The number of nitrogens with zero attached hydrogens (tertiary/aromatic N) is 3.